The number of hydrogen-bond acceptors (Lipinski definition) is 3. The third-order valence-corrected chi connectivity index (χ3v) is 5.56. The number of carbonyl (C=O) groups excluding carboxylic acids is 1. The van der Waals surface area contributed by atoms with E-state index in [1.54, 1.807) is 0 Å². The summed E-state index contributed by atoms with van der Waals surface area (Å²) in [5, 5.41) is 9.23. The van der Waals surface area contributed by atoms with Crippen molar-refractivity contribution in [2.75, 3.05) is 19.8 Å². The van der Waals surface area contributed by atoms with Crippen LogP contribution in [-0.2, 0) is 9.53 Å². The summed E-state index contributed by atoms with van der Waals surface area (Å²) in [6.07, 6.45) is 6.17. The molecule has 3 aliphatic rings. The van der Waals surface area contributed by atoms with Crippen molar-refractivity contribution in [3.63, 3.8) is 0 Å². The number of aliphatic hydroxyl groups excluding tert-OH is 1. The average Bonchev–Trinajstić information content (AvgIpc) is 2.84. The van der Waals surface area contributed by atoms with E-state index < -0.39 is 0 Å². The summed E-state index contributed by atoms with van der Waals surface area (Å²) in [5.74, 6) is 1.03. The van der Waals surface area contributed by atoms with Gasteiger partial charge in [0, 0.05) is 25.3 Å². The van der Waals surface area contributed by atoms with Gasteiger partial charge in [0.1, 0.15) is 6.10 Å². The number of ether oxygens (including phenoxy) is 1. The maximum atomic E-state index is 12.6. The summed E-state index contributed by atoms with van der Waals surface area (Å²) in [7, 11) is 0. The van der Waals surface area contributed by atoms with E-state index in [0.29, 0.717) is 18.4 Å². The van der Waals surface area contributed by atoms with Gasteiger partial charge in [-0.05, 0) is 50.4 Å². The van der Waals surface area contributed by atoms with Crippen molar-refractivity contribution in [3.05, 3.63) is 0 Å². The molecule has 2 heterocycles. The molecule has 1 spiro atoms. The van der Waals surface area contributed by atoms with E-state index in [0.717, 1.165) is 51.7 Å². The summed E-state index contributed by atoms with van der Waals surface area (Å²) in [5.41, 5.74) is 0.106. The zero-order chi connectivity index (χ0) is 13.5. The van der Waals surface area contributed by atoms with Crippen molar-refractivity contribution in [2.45, 2.75) is 57.1 Å². The number of nitrogens with zero attached hydrogens (tertiary/aromatic N) is 1. The Kier molecular flexibility index (Phi) is 3.56. The quantitative estimate of drug-likeness (QED) is 0.826. The minimum atomic E-state index is -0.201. The van der Waals surface area contributed by atoms with E-state index in [1.807, 2.05) is 0 Å². The molecule has 0 bridgehead atoms. The zero-order valence-corrected chi connectivity index (χ0v) is 11.8. The van der Waals surface area contributed by atoms with Crippen LogP contribution in [0.15, 0.2) is 0 Å². The highest BCUT2D eigenvalue weighted by Crippen LogP contribution is 2.45. The van der Waals surface area contributed by atoms with Gasteiger partial charge in [-0.15, -0.1) is 0 Å². The van der Waals surface area contributed by atoms with Crippen molar-refractivity contribution >= 4 is 5.91 Å². The summed E-state index contributed by atoms with van der Waals surface area (Å²) in [4.78, 5) is 14.7. The molecule has 1 N–H and O–H groups in total. The minimum Gasteiger partial charge on any atom is -0.396 e. The molecule has 0 unspecified atom stereocenters. The molecule has 2 aliphatic heterocycles. The fourth-order valence-electron chi connectivity index (χ4n) is 3.97. The lowest BCUT2D eigenvalue weighted by atomic mass is 9.69. The first-order valence-corrected chi connectivity index (χ1v) is 7.70. The van der Waals surface area contributed by atoms with Gasteiger partial charge in [0.2, 0.25) is 0 Å². The maximum Gasteiger partial charge on any atom is 0.252 e. The van der Waals surface area contributed by atoms with Gasteiger partial charge in [-0.1, -0.05) is 6.92 Å². The van der Waals surface area contributed by atoms with Crippen LogP contribution in [0.5, 0.6) is 0 Å². The summed E-state index contributed by atoms with van der Waals surface area (Å²) < 4.78 is 5.63. The Hall–Kier alpha value is -0.610. The van der Waals surface area contributed by atoms with Gasteiger partial charge in [-0.3, -0.25) is 4.79 Å². The second-order valence-electron chi connectivity index (χ2n) is 6.65. The van der Waals surface area contributed by atoms with E-state index in [9.17, 15) is 9.90 Å². The monoisotopic (exact) mass is 267 g/mol. The fraction of sp³-hybridized carbons (Fsp3) is 0.933. The van der Waals surface area contributed by atoms with E-state index in [4.69, 9.17) is 4.74 Å². The molecule has 2 atom stereocenters. The third kappa shape index (κ3) is 2.19. The van der Waals surface area contributed by atoms with Crippen LogP contribution in [0, 0.1) is 11.8 Å². The summed E-state index contributed by atoms with van der Waals surface area (Å²) in [6, 6.07) is 0. The van der Waals surface area contributed by atoms with Crippen LogP contribution >= 0.6 is 0 Å². The van der Waals surface area contributed by atoms with Gasteiger partial charge in [-0.25, -0.2) is 0 Å². The van der Waals surface area contributed by atoms with E-state index in [1.165, 1.54) is 0 Å². The number of rotatable bonds is 2. The number of amides is 1. The molecule has 3 rings (SSSR count). The van der Waals surface area contributed by atoms with Gasteiger partial charge in [-0.2, -0.15) is 0 Å². The predicted molar refractivity (Wildman–Crippen MR) is 71.6 cm³/mol. The van der Waals surface area contributed by atoms with Crippen LogP contribution in [-0.4, -0.2) is 47.3 Å². The zero-order valence-electron chi connectivity index (χ0n) is 11.8. The Balaban J connectivity index is 1.64. The first kappa shape index (κ1) is 13.4. The van der Waals surface area contributed by atoms with Gasteiger partial charge in [0.15, 0.2) is 0 Å². The molecule has 2 saturated heterocycles. The molecule has 1 saturated carbocycles. The highest BCUT2D eigenvalue weighted by Gasteiger charge is 2.51. The van der Waals surface area contributed by atoms with Crippen molar-refractivity contribution in [3.8, 4) is 0 Å². The minimum absolute atomic E-state index is 0.106. The predicted octanol–water partition coefficient (Wildman–Crippen LogP) is 1.56. The Labute approximate surface area is 115 Å². The molecule has 3 fully saturated rings. The van der Waals surface area contributed by atoms with Crippen molar-refractivity contribution in [1.29, 1.82) is 0 Å². The Bertz CT molecular complexity index is 349. The van der Waals surface area contributed by atoms with E-state index >= 15 is 0 Å². The smallest absolute Gasteiger partial charge is 0.252 e. The van der Waals surface area contributed by atoms with Crippen LogP contribution in [0.4, 0.5) is 0 Å². The van der Waals surface area contributed by atoms with Crippen molar-refractivity contribution in [2.24, 2.45) is 11.8 Å². The van der Waals surface area contributed by atoms with Gasteiger partial charge >= 0.3 is 0 Å². The summed E-state index contributed by atoms with van der Waals surface area (Å²) >= 11 is 0. The molecular formula is C15H25NO3. The van der Waals surface area contributed by atoms with Crippen LogP contribution in [0.25, 0.3) is 0 Å². The third-order valence-electron chi connectivity index (χ3n) is 5.56. The van der Waals surface area contributed by atoms with Crippen LogP contribution in [0.3, 0.4) is 0 Å². The van der Waals surface area contributed by atoms with Crippen LogP contribution in [0.2, 0.25) is 0 Å². The number of hydrogen-bond donors (Lipinski definition) is 1. The molecule has 19 heavy (non-hydrogen) atoms. The van der Waals surface area contributed by atoms with Gasteiger partial charge < -0.3 is 14.7 Å². The lowest BCUT2D eigenvalue weighted by Crippen LogP contribution is -2.65. The molecular weight excluding hydrogens is 242 g/mol. The van der Waals surface area contributed by atoms with Crippen LogP contribution < -0.4 is 0 Å². The number of carbonyl (C=O) groups is 1. The summed E-state index contributed by atoms with van der Waals surface area (Å²) in [6.45, 7) is 4.04. The first-order chi connectivity index (χ1) is 9.16. The number of aliphatic hydroxyl groups is 1. The standard InChI is InChI=1S/C15H25NO3/c1-11-4-9-19-13(11)14(18)16-8-7-15(16)5-2-12(10-17)3-6-15/h11-13,17H,2-10H2,1H3/t11-,12?,13+,15?/m1/s1. The maximum absolute atomic E-state index is 12.6. The molecule has 0 radical (unpaired) electrons. The highest BCUT2D eigenvalue weighted by molar-refractivity contribution is 5.83. The Morgan fingerprint density at radius 2 is 2.05 bits per heavy atom. The van der Waals surface area contributed by atoms with Crippen LogP contribution in [0.1, 0.15) is 45.4 Å². The van der Waals surface area contributed by atoms with E-state index in [-0.39, 0.29) is 17.6 Å². The average molecular weight is 267 g/mol. The second-order valence-corrected chi connectivity index (χ2v) is 6.65. The Morgan fingerprint density at radius 3 is 2.53 bits per heavy atom. The SMILES string of the molecule is C[C@@H]1CCO[C@@H]1C(=O)N1CCC12CCC(CO)CC2. The van der Waals surface area contributed by atoms with E-state index in [2.05, 4.69) is 11.8 Å². The lowest BCUT2D eigenvalue weighted by molar-refractivity contribution is -0.163. The molecule has 0 aromatic carbocycles. The lowest BCUT2D eigenvalue weighted by Gasteiger charge is -2.56. The van der Waals surface area contributed by atoms with Gasteiger partial charge in [0.25, 0.3) is 5.91 Å². The number of likely N-dealkylation sites (tertiary alicyclic amines) is 1. The molecule has 1 aliphatic carbocycles. The molecule has 0 aromatic rings. The molecule has 1 amide bonds. The Morgan fingerprint density at radius 1 is 1.32 bits per heavy atom. The molecule has 0 aromatic heterocycles. The largest absolute Gasteiger partial charge is 0.396 e. The topological polar surface area (TPSA) is 49.8 Å². The van der Waals surface area contributed by atoms with Crippen molar-refractivity contribution in [1.82, 2.24) is 4.90 Å². The molecule has 108 valence electrons. The molecule has 4 heteroatoms. The second kappa shape index (κ2) is 5.06. The fourth-order valence-corrected chi connectivity index (χ4v) is 3.97. The normalized spacial score (nSPS) is 42.4. The highest BCUT2D eigenvalue weighted by atomic mass is 16.5. The van der Waals surface area contributed by atoms with Gasteiger partial charge in [0.05, 0.1) is 0 Å². The molecule has 4 nitrogen and oxygen atoms in total. The van der Waals surface area contributed by atoms with Crippen molar-refractivity contribution < 1.29 is 14.6 Å². The first-order valence-electron chi connectivity index (χ1n) is 7.70.